The van der Waals surface area contributed by atoms with Crippen LogP contribution in [0.2, 0.25) is 0 Å². The number of carbonyl (C=O) groups excluding carboxylic acids is 1. The fourth-order valence-electron chi connectivity index (χ4n) is 1.70. The van der Waals surface area contributed by atoms with Gasteiger partial charge in [-0.15, -0.1) is 0 Å². The Morgan fingerprint density at radius 1 is 1.00 bits per heavy atom. The number of rotatable bonds is 4. The number of hydrogen-bond donors (Lipinski definition) is 1. The lowest BCUT2D eigenvalue weighted by Crippen LogP contribution is -2.00. The summed E-state index contributed by atoms with van der Waals surface area (Å²) >= 11 is 3.34. The van der Waals surface area contributed by atoms with E-state index in [4.69, 9.17) is 5.11 Å². The Kier molecular flexibility index (Phi) is 4.15. The van der Waals surface area contributed by atoms with E-state index < -0.39 is 0 Å². The zero-order valence-electron chi connectivity index (χ0n) is 9.77. The lowest BCUT2D eigenvalue weighted by atomic mass is 10.0. The largest absolute Gasteiger partial charge is 0.508 e. The molecule has 0 heterocycles. The molecule has 0 atom stereocenters. The molecule has 0 aliphatic carbocycles. The van der Waals surface area contributed by atoms with Gasteiger partial charge in [0, 0.05) is 16.5 Å². The molecule has 18 heavy (non-hydrogen) atoms. The van der Waals surface area contributed by atoms with Gasteiger partial charge in [-0.1, -0.05) is 40.2 Å². The molecule has 0 aromatic heterocycles. The van der Waals surface area contributed by atoms with Crippen LogP contribution in [0.4, 0.5) is 0 Å². The Labute approximate surface area is 114 Å². The van der Waals surface area contributed by atoms with Crippen LogP contribution in [0.5, 0.6) is 5.75 Å². The zero-order valence-corrected chi connectivity index (χ0v) is 11.4. The Hall–Kier alpha value is -1.61. The molecule has 0 fully saturated rings. The first-order valence-electron chi connectivity index (χ1n) is 5.72. The molecule has 0 aliphatic heterocycles. The molecule has 1 N–H and O–H groups in total. The van der Waals surface area contributed by atoms with Crippen LogP contribution in [-0.2, 0) is 6.42 Å². The molecule has 0 saturated heterocycles. The monoisotopic (exact) mass is 304 g/mol. The molecular weight excluding hydrogens is 292 g/mol. The fourth-order valence-corrected chi connectivity index (χ4v) is 1.96. The summed E-state index contributed by atoms with van der Waals surface area (Å²) in [6, 6.07) is 14.3. The normalized spacial score (nSPS) is 10.3. The molecule has 3 heteroatoms. The van der Waals surface area contributed by atoms with Crippen molar-refractivity contribution in [1.29, 1.82) is 0 Å². The van der Waals surface area contributed by atoms with Crippen molar-refractivity contribution in [2.75, 3.05) is 0 Å². The molecule has 0 spiro atoms. The summed E-state index contributed by atoms with van der Waals surface area (Å²) in [5.41, 5.74) is 1.79. The van der Waals surface area contributed by atoms with Gasteiger partial charge in [0.15, 0.2) is 5.78 Å². The smallest absolute Gasteiger partial charge is 0.163 e. The number of phenols is 1. The second-order valence-electron chi connectivity index (χ2n) is 4.10. The minimum absolute atomic E-state index is 0.135. The molecule has 0 amide bonds. The summed E-state index contributed by atoms with van der Waals surface area (Å²) in [6.07, 6.45) is 1.17. The predicted octanol–water partition coefficient (Wildman–Crippen LogP) is 3.97. The number of benzene rings is 2. The van der Waals surface area contributed by atoms with E-state index in [1.165, 1.54) is 0 Å². The highest BCUT2D eigenvalue weighted by molar-refractivity contribution is 9.10. The maximum atomic E-state index is 11.9. The van der Waals surface area contributed by atoms with Crippen LogP contribution < -0.4 is 0 Å². The molecule has 0 aliphatic rings. The first kappa shape index (κ1) is 12.8. The minimum Gasteiger partial charge on any atom is -0.508 e. The van der Waals surface area contributed by atoms with E-state index >= 15 is 0 Å². The third-order valence-corrected chi connectivity index (χ3v) is 3.27. The van der Waals surface area contributed by atoms with Gasteiger partial charge in [0.05, 0.1) is 0 Å². The van der Waals surface area contributed by atoms with Gasteiger partial charge in [-0.25, -0.2) is 0 Å². The summed E-state index contributed by atoms with van der Waals surface area (Å²) in [5, 5.41) is 9.17. The molecule has 2 aromatic rings. The fraction of sp³-hybridized carbons (Fsp3) is 0.133. The van der Waals surface area contributed by atoms with Gasteiger partial charge in [0.2, 0.25) is 0 Å². The van der Waals surface area contributed by atoms with Crippen molar-refractivity contribution in [2.45, 2.75) is 12.8 Å². The van der Waals surface area contributed by atoms with Gasteiger partial charge in [-0.3, -0.25) is 4.79 Å². The van der Waals surface area contributed by atoms with Crippen LogP contribution >= 0.6 is 15.9 Å². The van der Waals surface area contributed by atoms with Crippen LogP contribution in [0.3, 0.4) is 0 Å². The summed E-state index contributed by atoms with van der Waals surface area (Å²) in [7, 11) is 0. The average molecular weight is 305 g/mol. The molecule has 2 nitrogen and oxygen atoms in total. The maximum absolute atomic E-state index is 11.9. The topological polar surface area (TPSA) is 37.3 Å². The van der Waals surface area contributed by atoms with Gasteiger partial charge in [-0.05, 0) is 36.2 Å². The molecule has 92 valence electrons. The summed E-state index contributed by atoms with van der Waals surface area (Å²) in [6.45, 7) is 0. The molecule has 2 rings (SSSR count). The Bertz CT molecular complexity index is 529. The second kappa shape index (κ2) is 5.83. The van der Waals surface area contributed by atoms with Crippen molar-refractivity contribution in [3.05, 3.63) is 64.1 Å². The number of ketones is 1. The van der Waals surface area contributed by atoms with Gasteiger partial charge < -0.3 is 5.11 Å². The van der Waals surface area contributed by atoms with Crippen LogP contribution in [0, 0.1) is 0 Å². The number of phenolic OH excluding ortho intramolecular Hbond substituents is 1. The van der Waals surface area contributed by atoms with Crippen molar-refractivity contribution in [3.8, 4) is 5.75 Å². The lowest BCUT2D eigenvalue weighted by Gasteiger charge is -2.02. The van der Waals surface area contributed by atoms with Crippen molar-refractivity contribution < 1.29 is 9.90 Å². The van der Waals surface area contributed by atoms with Crippen molar-refractivity contribution in [3.63, 3.8) is 0 Å². The number of Topliss-reactive ketones (excluding diaryl/α,β-unsaturated/α-hetero) is 1. The van der Waals surface area contributed by atoms with E-state index in [0.29, 0.717) is 12.8 Å². The van der Waals surface area contributed by atoms with E-state index in [2.05, 4.69) is 15.9 Å². The average Bonchev–Trinajstić information content (AvgIpc) is 2.38. The first-order chi connectivity index (χ1) is 8.65. The standard InChI is InChI=1S/C15H13BrO2/c16-13-6-4-12(5-7-13)15(18)10-3-11-1-8-14(17)9-2-11/h1-2,4-9,17H,3,10H2. The summed E-state index contributed by atoms with van der Waals surface area (Å²) < 4.78 is 0.970. The van der Waals surface area contributed by atoms with Crippen molar-refractivity contribution >= 4 is 21.7 Å². The second-order valence-corrected chi connectivity index (χ2v) is 5.01. The van der Waals surface area contributed by atoms with Crippen LogP contribution in [-0.4, -0.2) is 10.9 Å². The molecule has 0 radical (unpaired) electrons. The number of hydrogen-bond acceptors (Lipinski definition) is 2. The molecule has 2 aromatic carbocycles. The SMILES string of the molecule is O=C(CCc1ccc(O)cc1)c1ccc(Br)cc1. The molecule has 0 saturated carbocycles. The third-order valence-electron chi connectivity index (χ3n) is 2.74. The van der Waals surface area contributed by atoms with E-state index in [1.54, 1.807) is 12.1 Å². The molecular formula is C15H13BrO2. The van der Waals surface area contributed by atoms with Crippen molar-refractivity contribution in [2.24, 2.45) is 0 Å². The number of halogens is 1. The highest BCUT2D eigenvalue weighted by Gasteiger charge is 2.05. The Morgan fingerprint density at radius 2 is 1.61 bits per heavy atom. The Balaban J connectivity index is 1.96. The van der Waals surface area contributed by atoms with Crippen LogP contribution in [0.15, 0.2) is 53.0 Å². The first-order valence-corrected chi connectivity index (χ1v) is 6.51. The van der Waals surface area contributed by atoms with Gasteiger partial charge in [-0.2, -0.15) is 0 Å². The number of carbonyl (C=O) groups is 1. The van der Waals surface area contributed by atoms with Crippen LogP contribution in [0.25, 0.3) is 0 Å². The van der Waals surface area contributed by atoms with E-state index in [-0.39, 0.29) is 11.5 Å². The maximum Gasteiger partial charge on any atom is 0.163 e. The van der Waals surface area contributed by atoms with Gasteiger partial charge in [0.25, 0.3) is 0 Å². The highest BCUT2D eigenvalue weighted by Crippen LogP contribution is 2.15. The third kappa shape index (κ3) is 3.44. The number of aromatic hydroxyl groups is 1. The molecule has 0 unspecified atom stereocenters. The number of aryl methyl sites for hydroxylation is 1. The van der Waals surface area contributed by atoms with Crippen LogP contribution in [0.1, 0.15) is 22.3 Å². The van der Waals surface area contributed by atoms with E-state index in [0.717, 1.165) is 15.6 Å². The zero-order chi connectivity index (χ0) is 13.0. The van der Waals surface area contributed by atoms with Gasteiger partial charge in [0.1, 0.15) is 5.75 Å². The van der Waals surface area contributed by atoms with E-state index in [1.807, 2.05) is 36.4 Å². The highest BCUT2D eigenvalue weighted by atomic mass is 79.9. The summed E-state index contributed by atoms with van der Waals surface area (Å²) in [4.78, 5) is 11.9. The predicted molar refractivity (Wildman–Crippen MR) is 74.9 cm³/mol. The quantitative estimate of drug-likeness (QED) is 0.868. The summed E-state index contributed by atoms with van der Waals surface area (Å²) in [5.74, 6) is 0.383. The van der Waals surface area contributed by atoms with Crippen molar-refractivity contribution in [1.82, 2.24) is 0 Å². The van der Waals surface area contributed by atoms with E-state index in [9.17, 15) is 4.79 Å². The van der Waals surface area contributed by atoms with Gasteiger partial charge >= 0.3 is 0 Å². The lowest BCUT2D eigenvalue weighted by molar-refractivity contribution is 0.0983. The molecule has 0 bridgehead atoms. The Morgan fingerprint density at radius 3 is 2.22 bits per heavy atom. The minimum atomic E-state index is 0.135.